The summed E-state index contributed by atoms with van der Waals surface area (Å²) < 4.78 is 21.4. The summed E-state index contributed by atoms with van der Waals surface area (Å²) in [6.45, 7) is 2.63. The molecule has 0 radical (unpaired) electrons. The number of hydrogen-bond acceptors (Lipinski definition) is 6. The van der Waals surface area contributed by atoms with Gasteiger partial charge in [0.05, 0.1) is 18.6 Å². The minimum atomic E-state index is -0.306. The molecule has 1 aliphatic heterocycles. The molecule has 1 fully saturated rings. The molecule has 31 heavy (non-hydrogen) atoms. The Morgan fingerprint density at radius 3 is 2.71 bits per heavy atom. The van der Waals surface area contributed by atoms with Crippen LogP contribution in [0.1, 0.15) is 30.6 Å². The van der Waals surface area contributed by atoms with Gasteiger partial charge in [-0.05, 0) is 37.5 Å². The van der Waals surface area contributed by atoms with E-state index in [1.165, 1.54) is 29.1 Å². The van der Waals surface area contributed by atoms with Gasteiger partial charge in [0.1, 0.15) is 11.6 Å². The number of aromatic nitrogens is 3. The molecule has 1 amide bonds. The molecule has 3 heterocycles. The number of carbonyl (C=O) groups excluding carboxylic acids is 1. The minimum absolute atomic E-state index is 0.0969. The maximum atomic E-state index is 13.9. The lowest BCUT2D eigenvalue weighted by Crippen LogP contribution is -2.32. The number of benzene rings is 1. The Kier molecular flexibility index (Phi) is 6.91. The van der Waals surface area contributed by atoms with E-state index in [4.69, 9.17) is 4.42 Å². The average Bonchev–Trinajstić information content (AvgIpc) is 3.44. The van der Waals surface area contributed by atoms with Crippen LogP contribution in [-0.2, 0) is 17.9 Å². The van der Waals surface area contributed by atoms with Crippen molar-refractivity contribution in [1.82, 2.24) is 19.7 Å². The Morgan fingerprint density at radius 2 is 1.97 bits per heavy atom. The number of nitrogens with zero attached hydrogens (tertiary/aromatic N) is 5. The fourth-order valence-electron chi connectivity index (χ4n) is 3.62. The van der Waals surface area contributed by atoms with Crippen LogP contribution in [0.3, 0.4) is 0 Å². The number of thioether (sulfide) groups is 1. The molecule has 2 aromatic heterocycles. The van der Waals surface area contributed by atoms with E-state index in [0.717, 1.165) is 37.6 Å². The van der Waals surface area contributed by atoms with E-state index in [2.05, 4.69) is 15.1 Å². The highest BCUT2D eigenvalue weighted by molar-refractivity contribution is 7.99. The van der Waals surface area contributed by atoms with Crippen molar-refractivity contribution < 1.29 is 13.6 Å². The predicted octanol–water partition coefficient (Wildman–Crippen LogP) is 3.80. The lowest BCUT2D eigenvalue weighted by molar-refractivity contribution is -0.127. The number of piperidine rings is 1. The normalized spacial score (nSPS) is 14.1. The standard InChI is InChI=1S/C22H26FN5O2S/c1-26(14-17-8-3-4-10-19(17)23)20(29)16-31-22-25-24-21(27-11-5-2-6-12-27)28(22)15-18-9-7-13-30-18/h3-4,7-10,13H,2,5-6,11-12,14-16H2,1H3. The SMILES string of the molecule is CN(Cc1ccccc1F)C(=O)CSc1nnc(N2CCCCC2)n1Cc1ccco1. The van der Waals surface area contributed by atoms with Gasteiger partial charge in [-0.15, -0.1) is 10.2 Å². The molecule has 0 saturated carbocycles. The smallest absolute Gasteiger partial charge is 0.233 e. The maximum Gasteiger partial charge on any atom is 0.233 e. The average molecular weight is 444 g/mol. The number of halogens is 1. The number of hydrogen-bond donors (Lipinski definition) is 0. The molecule has 0 N–H and O–H groups in total. The third-order valence-electron chi connectivity index (χ3n) is 5.35. The van der Waals surface area contributed by atoms with Crippen LogP contribution < -0.4 is 4.90 Å². The van der Waals surface area contributed by atoms with Crippen molar-refractivity contribution in [2.45, 2.75) is 37.5 Å². The third kappa shape index (κ3) is 5.28. The summed E-state index contributed by atoms with van der Waals surface area (Å²) in [6.07, 6.45) is 5.15. The number of rotatable bonds is 8. The first-order valence-corrected chi connectivity index (χ1v) is 11.4. The van der Waals surface area contributed by atoms with E-state index >= 15 is 0 Å². The lowest BCUT2D eigenvalue weighted by Gasteiger charge is -2.27. The number of anilines is 1. The van der Waals surface area contributed by atoms with Gasteiger partial charge in [-0.1, -0.05) is 30.0 Å². The Hall–Kier alpha value is -2.81. The highest BCUT2D eigenvalue weighted by atomic mass is 32.2. The zero-order chi connectivity index (χ0) is 21.6. The molecule has 0 atom stereocenters. The summed E-state index contributed by atoms with van der Waals surface area (Å²) in [5.74, 6) is 1.41. The second-order valence-corrected chi connectivity index (χ2v) is 8.57. The first-order valence-electron chi connectivity index (χ1n) is 10.4. The second kappa shape index (κ2) is 10.00. The largest absolute Gasteiger partial charge is 0.467 e. The van der Waals surface area contributed by atoms with Gasteiger partial charge in [-0.2, -0.15) is 0 Å². The fourth-order valence-corrected chi connectivity index (χ4v) is 4.49. The van der Waals surface area contributed by atoms with Gasteiger partial charge < -0.3 is 14.2 Å². The third-order valence-corrected chi connectivity index (χ3v) is 6.30. The molecule has 7 nitrogen and oxygen atoms in total. The van der Waals surface area contributed by atoms with Gasteiger partial charge in [0.25, 0.3) is 0 Å². The van der Waals surface area contributed by atoms with E-state index < -0.39 is 0 Å². The van der Waals surface area contributed by atoms with E-state index in [9.17, 15) is 9.18 Å². The number of carbonyl (C=O) groups is 1. The zero-order valence-electron chi connectivity index (χ0n) is 17.5. The van der Waals surface area contributed by atoms with Crippen molar-refractivity contribution in [2.24, 2.45) is 0 Å². The van der Waals surface area contributed by atoms with Crippen LogP contribution in [0, 0.1) is 5.82 Å². The van der Waals surface area contributed by atoms with Crippen LogP contribution in [0.25, 0.3) is 0 Å². The van der Waals surface area contributed by atoms with Gasteiger partial charge in [-0.25, -0.2) is 4.39 Å². The topological polar surface area (TPSA) is 67.4 Å². The van der Waals surface area contributed by atoms with Gasteiger partial charge >= 0.3 is 0 Å². The van der Waals surface area contributed by atoms with Crippen molar-refractivity contribution >= 4 is 23.6 Å². The molecule has 0 aliphatic carbocycles. The van der Waals surface area contributed by atoms with Crippen molar-refractivity contribution in [2.75, 3.05) is 30.8 Å². The van der Waals surface area contributed by atoms with Crippen LogP contribution in [0.4, 0.5) is 10.3 Å². The summed E-state index contributed by atoms with van der Waals surface area (Å²) in [5, 5.41) is 9.46. The summed E-state index contributed by atoms with van der Waals surface area (Å²) in [5.41, 5.74) is 0.497. The monoisotopic (exact) mass is 443 g/mol. The molecule has 164 valence electrons. The fraction of sp³-hybridized carbons (Fsp3) is 0.409. The molecule has 3 aromatic rings. The van der Waals surface area contributed by atoms with Crippen LogP contribution in [-0.4, -0.2) is 51.5 Å². The minimum Gasteiger partial charge on any atom is -0.467 e. The Balaban J connectivity index is 1.45. The maximum absolute atomic E-state index is 13.9. The Morgan fingerprint density at radius 1 is 1.16 bits per heavy atom. The molecule has 9 heteroatoms. The molecule has 1 aromatic carbocycles. The zero-order valence-corrected chi connectivity index (χ0v) is 18.4. The summed E-state index contributed by atoms with van der Waals surface area (Å²) in [6, 6.07) is 10.3. The molecule has 1 aliphatic rings. The molecule has 0 spiro atoms. The Bertz CT molecular complexity index is 1000. The van der Waals surface area contributed by atoms with Gasteiger partial charge in [-0.3, -0.25) is 9.36 Å². The summed E-state index contributed by atoms with van der Waals surface area (Å²) in [7, 11) is 1.68. The quantitative estimate of drug-likeness (QED) is 0.494. The van der Waals surface area contributed by atoms with Crippen molar-refractivity contribution in [3.05, 3.63) is 59.8 Å². The van der Waals surface area contributed by atoms with Crippen molar-refractivity contribution in [3.63, 3.8) is 0 Å². The second-order valence-electron chi connectivity index (χ2n) is 7.63. The lowest BCUT2D eigenvalue weighted by atomic mass is 10.1. The van der Waals surface area contributed by atoms with Crippen molar-refractivity contribution in [1.29, 1.82) is 0 Å². The molecular formula is C22H26FN5O2S. The van der Waals surface area contributed by atoms with Crippen molar-refractivity contribution in [3.8, 4) is 0 Å². The number of furan rings is 1. The first-order chi connectivity index (χ1) is 15.1. The van der Waals surface area contributed by atoms with E-state index in [1.54, 1.807) is 31.5 Å². The number of amides is 1. The molecular weight excluding hydrogens is 417 g/mol. The van der Waals surface area contributed by atoms with E-state index in [1.807, 2.05) is 16.7 Å². The molecule has 0 unspecified atom stereocenters. The highest BCUT2D eigenvalue weighted by Crippen LogP contribution is 2.26. The summed E-state index contributed by atoms with van der Waals surface area (Å²) >= 11 is 1.34. The highest BCUT2D eigenvalue weighted by Gasteiger charge is 2.22. The van der Waals surface area contributed by atoms with Gasteiger partial charge in [0, 0.05) is 32.2 Å². The summed E-state index contributed by atoms with van der Waals surface area (Å²) in [4.78, 5) is 16.4. The molecule has 0 bridgehead atoms. The van der Waals surface area contributed by atoms with Crippen LogP contribution >= 0.6 is 11.8 Å². The van der Waals surface area contributed by atoms with Crippen LogP contribution in [0.15, 0.2) is 52.2 Å². The first kappa shape index (κ1) is 21.4. The Labute approximate surface area is 185 Å². The van der Waals surface area contributed by atoms with Gasteiger partial charge in [0.15, 0.2) is 5.16 Å². The van der Waals surface area contributed by atoms with E-state index in [-0.39, 0.29) is 24.0 Å². The van der Waals surface area contributed by atoms with E-state index in [0.29, 0.717) is 17.3 Å². The van der Waals surface area contributed by atoms with Gasteiger partial charge in [0.2, 0.25) is 11.9 Å². The van der Waals surface area contributed by atoms with Crippen LogP contribution in [0.2, 0.25) is 0 Å². The van der Waals surface area contributed by atoms with Crippen LogP contribution in [0.5, 0.6) is 0 Å². The molecule has 4 rings (SSSR count). The molecule has 1 saturated heterocycles. The predicted molar refractivity (Wildman–Crippen MR) is 117 cm³/mol.